The Hall–Kier alpha value is -10.5. The van der Waals surface area contributed by atoms with E-state index in [1.165, 1.54) is 0 Å². The molecule has 0 radical (unpaired) electrons. The summed E-state index contributed by atoms with van der Waals surface area (Å²) in [6, 6.07) is 48.7. The highest BCUT2D eigenvalue weighted by Gasteiger charge is 2.28. The highest BCUT2D eigenvalue weighted by Crippen LogP contribution is 2.38. The van der Waals surface area contributed by atoms with Crippen LogP contribution in [0.3, 0.4) is 0 Å². The molecule has 16 nitrogen and oxygen atoms in total. The zero-order valence-corrected chi connectivity index (χ0v) is 37.1. The third kappa shape index (κ3) is 5.44. The molecule has 7 aromatic heterocycles. The summed E-state index contributed by atoms with van der Waals surface area (Å²) >= 11 is 0. The molecule has 8 bridgehead atoms. The van der Waals surface area contributed by atoms with Crippen LogP contribution in [0.25, 0.3) is 178 Å². The van der Waals surface area contributed by atoms with E-state index in [0.717, 1.165) is 43.1 Å². The molecule has 2 N–H and O–H groups in total. The first-order chi connectivity index (χ1) is 35.5. The van der Waals surface area contributed by atoms with Crippen molar-refractivity contribution in [2.75, 3.05) is 0 Å². The highest BCUT2D eigenvalue weighted by atomic mass is 15.1. The number of aromatic nitrogens is 16. The predicted molar refractivity (Wildman–Crippen MR) is 278 cm³/mol. The van der Waals surface area contributed by atoms with Gasteiger partial charge in [0.05, 0.1) is 44.1 Å². The maximum absolute atomic E-state index is 5.23. The summed E-state index contributed by atoms with van der Waals surface area (Å²) in [4.78, 5) is 79.9. The van der Waals surface area contributed by atoms with Gasteiger partial charge in [0.2, 0.25) is 0 Å². The number of nitrogens with one attached hydrogen (secondary N) is 2. The van der Waals surface area contributed by atoms with Crippen LogP contribution < -0.4 is 0 Å². The van der Waals surface area contributed by atoms with Crippen molar-refractivity contribution in [1.29, 1.82) is 0 Å². The van der Waals surface area contributed by atoms with Gasteiger partial charge in [0.25, 0.3) is 0 Å². The minimum atomic E-state index is 0.265. The average Bonchev–Trinajstić information content (AvgIpc) is 4.12. The van der Waals surface area contributed by atoms with Crippen molar-refractivity contribution in [3.63, 3.8) is 0 Å². The van der Waals surface area contributed by atoms with Crippen LogP contribution in [-0.4, -0.2) is 79.7 Å². The SMILES string of the molecule is c1ccc2cc3nc4c(nc3cc2c1)-c1nc-4nc2[nH]c(nc3nc(nc4[nH]c(n1)c1nc5cc6ccccc6cc5nc41)-c1nc4cc5ccccc5cc4nc1-3)c1nc3cc4ccccc4cc3nc21. The van der Waals surface area contributed by atoms with Crippen LogP contribution in [0.15, 0.2) is 146 Å². The lowest BCUT2D eigenvalue weighted by molar-refractivity contribution is 1.18. The lowest BCUT2D eigenvalue weighted by atomic mass is 10.1. The van der Waals surface area contributed by atoms with Gasteiger partial charge in [-0.2, -0.15) is 0 Å². The molecule has 0 aliphatic carbocycles. The molecule has 0 fully saturated rings. The van der Waals surface area contributed by atoms with Gasteiger partial charge in [0, 0.05) is 0 Å². The molecule has 0 amide bonds. The molecular formula is C56H26N16. The zero-order chi connectivity index (χ0) is 46.8. The van der Waals surface area contributed by atoms with E-state index < -0.39 is 0 Å². The Morgan fingerprint density at radius 3 is 0.611 bits per heavy atom. The number of fused-ring (bicyclic) bond motifs is 28. The van der Waals surface area contributed by atoms with Crippen LogP contribution >= 0.6 is 0 Å². The predicted octanol–water partition coefficient (Wildman–Crippen LogP) is 11.3. The van der Waals surface area contributed by atoms with Crippen molar-refractivity contribution in [3.05, 3.63) is 146 Å². The topological polar surface area (TPSA) is 212 Å². The summed E-state index contributed by atoms with van der Waals surface area (Å²) in [5.74, 6) is 1.06. The first-order valence-corrected chi connectivity index (χ1v) is 23.2. The highest BCUT2D eigenvalue weighted by molar-refractivity contribution is 6.08. The van der Waals surface area contributed by atoms with Crippen LogP contribution in [0, 0.1) is 0 Å². The number of H-pyrrole nitrogens is 2. The van der Waals surface area contributed by atoms with Crippen LogP contribution in [0.4, 0.5) is 0 Å². The van der Waals surface area contributed by atoms with Crippen molar-refractivity contribution >= 4 is 132 Å². The number of hydrogen-bond acceptors (Lipinski definition) is 14. The Kier molecular flexibility index (Phi) is 7.09. The molecular weight excluding hydrogens is 897 g/mol. The smallest absolute Gasteiger partial charge is 0.184 e. The summed E-state index contributed by atoms with van der Waals surface area (Å²) in [5.41, 5.74) is 10.5. The first-order valence-electron chi connectivity index (χ1n) is 23.2. The second kappa shape index (κ2) is 13.6. The van der Waals surface area contributed by atoms with E-state index in [1.54, 1.807) is 0 Å². The minimum Gasteiger partial charge on any atom is -0.321 e. The van der Waals surface area contributed by atoms with Crippen molar-refractivity contribution in [2.24, 2.45) is 0 Å². The molecule has 0 saturated heterocycles. The number of aromatic amines is 2. The van der Waals surface area contributed by atoms with Gasteiger partial charge < -0.3 is 9.97 Å². The quantitative estimate of drug-likeness (QED) is 0.136. The van der Waals surface area contributed by atoms with Crippen LogP contribution in [0.1, 0.15) is 0 Å². The Morgan fingerprint density at radius 2 is 0.403 bits per heavy atom. The normalized spacial score (nSPS) is 12.4. The molecule has 0 unspecified atom stereocenters. The van der Waals surface area contributed by atoms with E-state index >= 15 is 0 Å². The molecule has 0 saturated carbocycles. The molecule has 8 aromatic carbocycles. The van der Waals surface area contributed by atoms with Crippen LogP contribution in [-0.2, 0) is 0 Å². The molecule has 0 atom stereocenters. The van der Waals surface area contributed by atoms with Gasteiger partial charge in [-0.05, 0) is 91.6 Å². The van der Waals surface area contributed by atoms with Gasteiger partial charge in [-0.25, -0.2) is 69.8 Å². The third-order valence-corrected chi connectivity index (χ3v) is 13.6. The Balaban J connectivity index is 1.04. The summed E-state index contributed by atoms with van der Waals surface area (Å²) in [6.07, 6.45) is 0. The second-order valence-corrected chi connectivity index (χ2v) is 18.0. The van der Waals surface area contributed by atoms with Gasteiger partial charge in [-0.1, -0.05) is 97.1 Å². The summed E-state index contributed by atoms with van der Waals surface area (Å²) in [6.45, 7) is 0. The molecule has 9 heterocycles. The summed E-state index contributed by atoms with van der Waals surface area (Å²) < 4.78 is 0. The van der Waals surface area contributed by atoms with E-state index in [1.807, 2.05) is 97.1 Å². The lowest BCUT2D eigenvalue weighted by Crippen LogP contribution is -1.93. The molecule has 15 aromatic rings. The zero-order valence-electron chi connectivity index (χ0n) is 37.1. The molecule has 16 heteroatoms. The van der Waals surface area contributed by atoms with E-state index in [9.17, 15) is 0 Å². The Labute approximate surface area is 401 Å². The number of hydrogen-bond donors (Lipinski definition) is 2. The third-order valence-electron chi connectivity index (χ3n) is 13.6. The molecule has 2 aliphatic rings. The standard InChI is InChI=1S/C56H26N16/c1-2-10-26-18-34-33(17-25(26)9-1)57-41-42(58-34)50-65-49(41)69-51-43-44(60-36-20-28-12-4-3-11-27(28)19-35(36)59-43)53(66-51)71-55-47-48(64-40-24-32-16-8-7-15-31(32)23-39(40)63-47)56(68-55)72-54-46-45(52(67-54)70-50)61-37-21-29-13-5-6-14-30(29)22-38(37)62-46/h1-24H,(H2,65,66,67,68,69,70,71,72). The fraction of sp³-hybridized carbons (Fsp3) is 0. The van der Waals surface area contributed by atoms with E-state index in [4.69, 9.17) is 69.8 Å². The fourth-order valence-electron chi connectivity index (χ4n) is 10.2. The summed E-state index contributed by atoms with van der Waals surface area (Å²) in [7, 11) is 0. The second-order valence-electron chi connectivity index (χ2n) is 18.0. The van der Waals surface area contributed by atoms with E-state index in [0.29, 0.717) is 112 Å². The van der Waals surface area contributed by atoms with Gasteiger partial charge in [-0.15, -0.1) is 0 Å². The minimum absolute atomic E-state index is 0.265. The molecule has 2 aliphatic heterocycles. The Morgan fingerprint density at radius 1 is 0.208 bits per heavy atom. The molecule has 17 rings (SSSR count). The van der Waals surface area contributed by atoms with Crippen LogP contribution in [0.5, 0.6) is 0 Å². The number of benzene rings is 8. The average molecular weight is 923 g/mol. The summed E-state index contributed by atoms with van der Waals surface area (Å²) in [5, 5.41) is 8.22. The maximum Gasteiger partial charge on any atom is 0.184 e. The molecule has 330 valence electrons. The van der Waals surface area contributed by atoms with Gasteiger partial charge in [-0.3, -0.25) is 0 Å². The van der Waals surface area contributed by atoms with Gasteiger partial charge >= 0.3 is 0 Å². The fourth-order valence-corrected chi connectivity index (χ4v) is 10.2. The number of nitrogens with zero attached hydrogens (tertiary/aromatic N) is 14. The lowest BCUT2D eigenvalue weighted by Gasteiger charge is -2.04. The first kappa shape index (κ1) is 37.5. The number of rotatable bonds is 0. The van der Waals surface area contributed by atoms with E-state index in [-0.39, 0.29) is 23.3 Å². The maximum atomic E-state index is 5.23. The molecule has 72 heavy (non-hydrogen) atoms. The Bertz CT molecular complexity index is 4570. The molecule has 0 spiro atoms. The van der Waals surface area contributed by atoms with Gasteiger partial charge in [0.15, 0.2) is 45.9 Å². The van der Waals surface area contributed by atoms with Crippen molar-refractivity contribution in [3.8, 4) is 46.1 Å². The monoisotopic (exact) mass is 922 g/mol. The van der Waals surface area contributed by atoms with Crippen LogP contribution in [0.2, 0.25) is 0 Å². The van der Waals surface area contributed by atoms with Crippen molar-refractivity contribution in [2.45, 2.75) is 0 Å². The van der Waals surface area contributed by atoms with Crippen molar-refractivity contribution < 1.29 is 0 Å². The van der Waals surface area contributed by atoms with Crippen molar-refractivity contribution in [1.82, 2.24) is 79.7 Å². The van der Waals surface area contributed by atoms with Gasteiger partial charge in [0.1, 0.15) is 44.8 Å². The van der Waals surface area contributed by atoms with E-state index in [2.05, 4.69) is 58.5 Å². The largest absolute Gasteiger partial charge is 0.321 e.